The van der Waals surface area contributed by atoms with Crippen molar-refractivity contribution in [2.75, 3.05) is 19.0 Å². The van der Waals surface area contributed by atoms with Gasteiger partial charge in [-0.2, -0.15) is 4.98 Å². The summed E-state index contributed by atoms with van der Waals surface area (Å²) in [6.07, 6.45) is 6.14. The Bertz CT molecular complexity index is 1120. The quantitative estimate of drug-likeness (QED) is 0.491. The molecule has 0 aliphatic heterocycles. The monoisotopic (exact) mass is 361 g/mol. The molecule has 7 nitrogen and oxygen atoms in total. The number of H-pyrrole nitrogens is 2. The van der Waals surface area contributed by atoms with E-state index in [2.05, 4.69) is 25.3 Å². The third kappa shape index (κ3) is 3.67. The second-order valence-electron chi connectivity index (χ2n) is 6.12. The summed E-state index contributed by atoms with van der Waals surface area (Å²) in [7, 11) is 1.66. The minimum Gasteiger partial charge on any atom is -0.497 e. The fraction of sp³-hybridized carbons (Fsp3) is 0.150. The van der Waals surface area contributed by atoms with Crippen LogP contribution in [0.4, 0.5) is 5.95 Å². The van der Waals surface area contributed by atoms with E-state index in [4.69, 9.17) is 4.74 Å². The summed E-state index contributed by atoms with van der Waals surface area (Å²) >= 11 is 0. The molecule has 0 atom stereocenters. The zero-order valence-electron chi connectivity index (χ0n) is 14.8. The molecular weight excluding hydrogens is 342 g/mol. The van der Waals surface area contributed by atoms with Crippen molar-refractivity contribution < 1.29 is 4.74 Å². The van der Waals surface area contributed by atoms with Crippen molar-refractivity contribution in [1.29, 1.82) is 0 Å². The van der Waals surface area contributed by atoms with Gasteiger partial charge in [-0.25, -0.2) is 0 Å². The summed E-state index contributed by atoms with van der Waals surface area (Å²) in [5.74, 6) is 1.28. The first kappa shape index (κ1) is 16.8. The number of nitrogens with one attached hydrogen (secondary N) is 3. The van der Waals surface area contributed by atoms with Gasteiger partial charge < -0.3 is 20.0 Å². The molecule has 3 heterocycles. The van der Waals surface area contributed by atoms with E-state index >= 15 is 0 Å². The Balaban J connectivity index is 1.50. The molecule has 0 unspecified atom stereocenters. The molecule has 4 rings (SSSR count). The lowest BCUT2D eigenvalue weighted by molar-refractivity contribution is 0.415. The molecule has 0 amide bonds. The third-order valence-corrected chi connectivity index (χ3v) is 4.40. The number of hydrogen-bond acceptors (Lipinski definition) is 5. The van der Waals surface area contributed by atoms with Crippen LogP contribution in [-0.2, 0) is 6.42 Å². The molecule has 0 radical (unpaired) electrons. The largest absolute Gasteiger partial charge is 0.497 e. The molecule has 3 N–H and O–H groups in total. The second-order valence-corrected chi connectivity index (χ2v) is 6.12. The van der Waals surface area contributed by atoms with E-state index in [1.165, 1.54) is 11.6 Å². The van der Waals surface area contributed by atoms with Crippen LogP contribution < -0.4 is 15.6 Å². The topological polar surface area (TPSA) is 95.7 Å². The van der Waals surface area contributed by atoms with Crippen LogP contribution in [0.3, 0.4) is 0 Å². The number of hydrogen-bond donors (Lipinski definition) is 3. The van der Waals surface area contributed by atoms with Crippen LogP contribution >= 0.6 is 0 Å². The van der Waals surface area contributed by atoms with Gasteiger partial charge in [0, 0.05) is 47.7 Å². The maximum absolute atomic E-state index is 11.9. The van der Waals surface area contributed by atoms with Gasteiger partial charge >= 0.3 is 0 Å². The normalized spacial score (nSPS) is 10.9. The first-order valence-electron chi connectivity index (χ1n) is 8.62. The molecule has 0 fully saturated rings. The summed E-state index contributed by atoms with van der Waals surface area (Å²) in [4.78, 5) is 26.3. The van der Waals surface area contributed by atoms with Gasteiger partial charge in [0.05, 0.1) is 12.8 Å². The van der Waals surface area contributed by atoms with Crippen LogP contribution in [0.2, 0.25) is 0 Å². The summed E-state index contributed by atoms with van der Waals surface area (Å²) in [6, 6.07) is 11.1. The highest BCUT2D eigenvalue weighted by Crippen LogP contribution is 2.24. The van der Waals surface area contributed by atoms with E-state index in [1.807, 2.05) is 36.5 Å². The van der Waals surface area contributed by atoms with Gasteiger partial charge in [-0.3, -0.25) is 9.78 Å². The predicted molar refractivity (Wildman–Crippen MR) is 105 cm³/mol. The van der Waals surface area contributed by atoms with Crippen LogP contribution in [0.5, 0.6) is 5.75 Å². The van der Waals surface area contributed by atoms with Crippen molar-refractivity contribution in [3.8, 4) is 17.0 Å². The van der Waals surface area contributed by atoms with Gasteiger partial charge in [-0.05, 0) is 42.3 Å². The number of benzene rings is 1. The zero-order valence-corrected chi connectivity index (χ0v) is 14.8. The molecule has 0 aliphatic carbocycles. The number of aromatic nitrogens is 4. The Hall–Kier alpha value is -3.61. The van der Waals surface area contributed by atoms with Crippen molar-refractivity contribution in [3.05, 3.63) is 70.9 Å². The van der Waals surface area contributed by atoms with Crippen LogP contribution in [0.15, 0.2) is 59.8 Å². The smallest absolute Gasteiger partial charge is 0.275 e. The van der Waals surface area contributed by atoms with Crippen molar-refractivity contribution in [2.24, 2.45) is 0 Å². The maximum Gasteiger partial charge on any atom is 0.275 e. The molecule has 7 heteroatoms. The van der Waals surface area contributed by atoms with Crippen LogP contribution in [0.25, 0.3) is 22.2 Å². The number of methoxy groups -OCH3 is 1. The fourth-order valence-corrected chi connectivity index (χ4v) is 3.04. The number of nitrogens with zero attached hydrogens (tertiary/aromatic N) is 2. The summed E-state index contributed by atoms with van der Waals surface area (Å²) < 4.78 is 5.31. The molecule has 0 saturated carbocycles. The maximum atomic E-state index is 11.9. The highest BCUT2D eigenvalue weighted by Gasteiger charge is 2.07. The molecule has 0 spiro atoms. The van der Waals surface area contributed by atoms with Crippen LogP contribution in [0.1, 0.15) is 5.56 Å². The second kappa shape index (κ2) is 7.33. The van der Waals surface area contributed by atoms with Crippen LogP contribution in [-0.4, -0.2) is 33.6 Å². The van der Waals surface area contributed by atoms with Crippen molar-refractivity contribution >= 4 is 16.9 Å². The lowest BCUT2D eigenvalue weighted by Crippen LogP contribution is -2.14. The summed E-state index contributed by atoms with van der Waals surface area (Å²) in [6.45, 7) is 0.632. The zero-order chi connectivity index (χ0) is 18.6. The molecule has 1 aromatic carbocycles. The highest BCUT2D eigenvalue weighted by molar-refractivity contribution is 5.84. The molecule has 3 aromatic heterocycles. The molecule has 27 heavy (non-hydrogen) atoms. The minimum absolute atomic E-state index is 0.292. The average molecular weight is 361 g/mol. The molecule has 0 bridgehead atoms. The number of anilines is 1. The molecule has 4 aromatic rings. The number of pyridine rings is 1. The van der Waals surface area contributed by atoms with Gasteiger partial charge in [0.2, 0.25) is 5.95 Å². The Labute approximate surface area is 155 Å². The molecular formula is C20H19N5O2. The molecule has 0 saturated heterocycles. The van der Waals surface area contributed by atoms with Crippen molar-refractivity contribution in [3.63, 3.8) is 0 Å². The Morgan fingerprint density at radius 2 is 2.00 bits per heavy atom. The number of ether oxygens (including phenoxy) is 1. The Morgan fingerprint density at radius 1 is 1.15 bits per heavy atom. The van der Waals surface area contributed by atoms with Gasteiger partial charge in [-0.1, -0.05) is 0 Å². The lowest BCUT2D eigenvalue weighted by Gasteiger charge is -2.08. The van der Waals surface area contributed by atoms with E-state index in [0.29, 0.717) is 18.2 Å². The number of aromatic amines is 2. The fourth-order valence-electron chi connectivity index (χ4n) is 3.04. The standard InChI is InChI=1S/C20H19N5O2/c1-27-15-2-3-17-16(10-15)14(12-23-17)6-9-22-20-24-18(11-19(26)25-20)13-4-7-21-8-5-13/h2-5,7-8,10-12,23H,6,9H2,1H3,(H2,22,24,25,26). The molecule has 136 valence electrons. The van der Waals surface area contributed by atoms with Gasteiger partial charge in [-0.15, -0.1) is 0 Å². The minimum atomic E-state index is -0.292. The van der Waals surface area contributed by atoms with E-state index < -0.39 is 0 Å². The SMILES string of the molecule is COc1ccc2[nH]cc(CCNc3nc(=O)cc(-c4ccncc4)[nH]3)c2c1. The lowest BCUT2D eigenvalue weighted by atomic mass is 10.1. The Kier molecular flexibility index (Phi) is 4.57. The number of fused-ring (bicyclic) bond motifs is 1. The van der Waals surface area contributed by atoms with E-state index in [9.17, 15) is 4.79 Å². The first-order chi connectivity index (χ1) is 13.2. The predicted octanol–water partition coefficient (Wildman–Crippen LogP) is 2.98. The number of rotatable bonds is 6. The summed E-state index contributed by atoms with van der Waals surface area (Å²) in [5.41, 5.74) is 3.54. The van der Waals surface area contributed by atoms with Crippen LogP contribution in [0, 0.1) is 0 Å². The van der Waals surface area contributed by atoms with E-state index in [1.54, 1.807) is 19.5 Å². The van der Waals surface area contributed by atoms with Gasteiger partial charge in [0.1, 0.15) is 5.75 Å². The van der Waals surface area contributed by atoms with Crippen molar-refractivity contribution in [1.82, 2.24) is 19.9 Å². The average Bonchev–Trinajstić information content (AvgIpc) is 3.10. The van der Waals surface area contributed by atoms with Gasteiger partial charge in [0.15, 0.2) is 0 Å². The van der Waals surface area contributed by atoms with E-state index in [-0.39, 0.29) is 5.56 Å². The highest BCUT2D eigenvalue weighted by atomic mass is 16.5. The van der Waals surface area contributed by atoms with Crippen molar-refractivity contribution in [2.45, 2.75) is 6.42 Å². The van der Waals surface area contributed by atoms with E-state index in [0.717, 1.165) is 28.6 Å². The first-order valence-corrected chi connectivity index (χ1v) is 8.62. The molecule has 0 aliphatic rings. The summed E-state index contributed by atoms with van der Waals surface area (Å²) in [5, 5.41) is 4.33. The Morgan fingerprint density at radius 3 is 2.81 bits per heavy atom. The third-order valence-electron chi connectivity index (χ3n) is 4.40. The van der Waals surface area contributed by atoms with Gasteiger partial charge in [0.25, 0.3) is 5.56 Å².